The minimum Gasteiger partial charge on any atom is -0.320 e. The number of hydrogen-bond donors (Lipinski definition) is 1. The number of non-ortho nitro benzene ring substituents is 1. The number of benzene rings is 1. The summed E-state index contributed by atoms with van der Waals surface area (Å²) in [4.78, 5) is 32.0. The Morgan fingerprint density at radius 3 is 2.33 bits per heavy atom. The Balaban J connectivity index is 2.22. The largest absolute Gasteiger partial charge is 0.320 e. The molecule has 0 aliphatic heterocycles. The van der Waals surface area contributed by atoms with E-state index in [1.165, 1.54) is 31.3 Å². The number of carbonyl (C=O) groups is 1. The third kappa shape index (κ3) is 3.00. The standard InChI is InChI=1S/C11H9N5O5/c1-14-6-9(16(20)21)10(13-14)11(17)12-7-2-4-8(5-3-7)15(18)19/h2-6H,1H3,(H,12,17). The zero-order chi connectivity index (χ0) is 15.6. The number of aryl methyl sites for hydroxylation is 1. The van der Waals surface area contributed by atoms with Crippen LogP contribution in [0.15, 0.2) is 30.5 Å². The molecular formula is C11H9N5O5. The van der Waals surface area contributed by atoms with Crippen molar-refractivity contribution in [2.45, 2.75) is 0 Å². The van der Waals surface area contributed by atoms with Crippen molar-refractivity contribution < 1.29 is 14.6 Å². The normalized spacial score (nSPS) is 10.1. The fourth-order valence-corrected chi connectivity index (χ4v) is 1.63. The van der Waals surface area contributed by atoms with Crippen LogP contribution in [0.5, 0.6) is 0 Å². The van der Waals surface area contributed by atoms with E-state index in [1.54, 1.807) is 0 Å². The Hall–Kier alpha value is -3.30. The molecule has 2 rings (SSSR count). The molecule has 0 unspecified atom stereocenters. The summed E-state index contributed by atoms with van der Waals surface area (Å²) in [6.07, 6.45) is 1.12. The molecule has 0 bridgehead atoms. The van der Waals surface area contributed by atoms with Crippen molar-refractivity contribution >= 4 is 23.0 Å². The maximum absolute atomic E-state index is 11.9. The Bertz CT molecular complexity index is 721. The van der Waals surface area contributed by atoms with Crippen molar-refractivity contribution in [3.63, 3.8) is 0 Å². The number of carbonyl (C=O) groups excluding carboxylic acids is 1. The Morgan fingerprint density at radius 1 is 1.19 bits per heavy atom. The Morgan fingerprint density at radius 2 is 1.81 bits per heavy atom. The molecule has 0 saturated carbocycles. The second-order valence-corrected chi connectivity index (χ2v) is 4.05. The minimum absolute atomic E-state index is 0.128. The zero-order valence-corrected chi connectivity index (χ0v) is 10.7. The summed E-state index contributed by atoms with van der Waals surface area (Å²) in [7, 11) is 1.45. The maximum atomic E-state index is 11.9. The monoisotopic (exact) mass is 291 g/mol. The highest BCUT2D eigenvalue weighted by molar-refractivity contribution is 6.05. The van der Waals surface area contributed by atoms with E-state index in [0.29, 0.717) is 0 Å². The molecule has 108 valence electrons. The van der Waals surface area contributed by atoms with Crippen LogP contribution in [0.25, 0.3) is 0 Å². The lowest BCUT2D eigenvalue weighted by Crippen LogP contribution is -2.14. The molecule has 0 aliphatic carbocycles. The van der Waals surface area contributed by atoms with Gasteiger partial charge in [-0.2, -0.15) is 5.10 Å². The quantitative estimate of drug-likeness (QED) is 0.670. The van der Waals surface area contributed by atoms with Gasteiger partial charge < -0.3 is 5.32 Å². The third-order valence-electron chi connectivity index (χ3n) is 2.56. The number of anilines is 1. The van der Waals surface area contributed by atoms with Crippen molar-refractivity contribution in [1.29, 1.82) is 0 Å². The molecule has 0 atom stereocenters. The van der Waals surface area contributed by atoms with Crippen molar-refractivity contribution in [2.24, 2.45) is 7.05 Å². The lowest BCUT2D eigenvalue weighted by molar-refractivity contribution is -0.385. The SMILES string of the molecule is Cn1cc([N+](=O)[O-])c(C(=O)Nc2ccc([N+](=O)[O-])cc2)n1. The molecule has 1 aromatic heterocycles. The van der Waals surface area contributed by atoms with Crippen molar-refractivity contribution in [3.8, 4) is 0 Å². The van der Waals surface area contributed by atoms with Crippen LogP contribution >= 0.6 is 0 Å². The van der Waals surface area contributed by atoms with E-state index in [4.69, 9.17) is 0 Å². The van der Waals surface area contributed by atoms with Gasteiger partial charge in [0.15, 0.2) is 0 Å². The van der Waals surface area contributed by atoms with Crippen LogP contribution in [-0.4, -0.2) is 25.5 Å². The number of hydrogen-bond acceptors (Lipinski definition) is 6. The maximum Gasteiger partial charge on any atom is 0.320 e. The van der Waals surface area contributed by atoms with Crippen molar-refractivity contribution in [1.82, 2.24) is 9.78 Å². The van der Waals surface area contributed by atoms with Crippen LogP contribution in [0.3, 0.4) is 0 Å². The highest BCUT2D eigenvalue weighted by Gasteiger charge is 2.25. The van der Waals surface area contributed by atoms with Gasteiger partial charge in [-0.3, -0.25) is 29.7 Å². The highest BCUT2D eigenvalue weighted by atomic mass is 16.6. The van der Waals surface area contributed by atoms with Crippen LogP contribution in [0.2, 0.25) is 0 Å². The van der Waals surface area contributed by atoms with E-state index in [9.17, 15) is 25.0 Å². The molecule has 0 fully saturated rings. The van der Waals surface area contributed by atoms with Gasteiger partial charge in [0.2, 0.25) is 5.69 Å². The second-order valence-electron chi connectivity index (χ2n) is 4.05. The number of nitro benzene ring substituents is 1. The number of amides is 1. The summed E-state index contributed by atoms with van der Waals surface area (Å²) in [5.41, 5.74) is -0.611. The van der Waals surface area contributed by atoms with Crippen LogP contribution in [-0.2, 0) is 7.05 Å². The van der Waals surface area contributed by atoms with Gasteiger partial charge in [-0.05, 0) is 12.1 Å². The lowest BCUT2D eigenvalue weighted by atomic mass is 10.2. The first kappa shape index (κ1) is 14.1. The smallest absolute Gasteiger partial charge is 0.320 e. The molecule has 0 aliphatic rings. The lowest BCUT2D eigenvalue weighted by Gasteiger charge is -2.02. The molecular weight excluding hydrogens is 282 g/mol. The third-order valence-corrected chi connectivity index (χ3v) is 2.56. The number of nitrogens with one attached hydrogen (secondary N) is 1. The molecule has 1 aromatic carbocycles. The van der Waals surface area contributed by atoms with Gasteiger partial charge in [-0.15, -0.1) is 0 Å². The zero-order valence-electron chi connectivity index (χ0n) is 10.7. The predicted octanol–water partition coefficient (Wildman–Crippen LogP) is 1.49. The summed E-state index contributed by atoms with van der Waals surface area (Å²) >= 11 is 0. The average molecular weight is 291 g/mol. The average Bonchev–Trinajstić information content (AvgIpc) is 2.82. The first-order chi connectivity index (χ1) is 9.88. The highest BCUT2D eigenvalue weighted by Crippen LogP contribution is 2.19. The first-order valence-corrected chi connectivity index (χ1v) is 5.62. The van der Waals surface area contributed by atoms with E-state index in [0.717, 1.165) is 10.9 Å². The molecule has 1 N–H and O–H groups in total. The van der Waals surface area contributed by atoms with E-state index in [1.807, 2.05) is 0 Å². The molecule has 0 radical (unpaired) electrons. The van der Waals surface area contributed by atoms with Crippen LogP contribution in [0.4, 0.5) is 17.1 Å². The predicted molar refractivity (Wildman–Crippen MR) is 70.9 cm³/mol. The van der Waals surface area contributed by atoms with E-state index < -0.39 is 21.4 Å². The minimum atomic E-state index is -0.767. The summed E-state index contributed by atoms with van der Waals surface area (Å²) in [6, 6.07) is 5.07. The molecule has 0 saturated heterocycles. The molecule has 0 spiro atoms. The number of nitrogens with zero attached hydrogens (tertiary/aromatic N) is 4. The van der Waals surface area contributed by atoms with Gasteiger partial charge in [-0.25, -0.2) is 0 Å². The van der Waals surface area contributed by atoms with Gasteiger partial charge in [0.1, 0.15) is 6.20 Å². The van der Waals surface area contributed by atoms with Gasteiger partial charge in [0, 0.05) is 24.9 Å². The summed E-state index contributed by atoms with van der Waals surface area (Å²) in [5, 5.41) is 27.4. The van der Waals surface area contributed by atoms with Gasteiger partial charge >= 0.3 is 5.69 Å². The van der Waals surface area contributed by atoms with Crippen LogP contribution < -0.4 is 5.32 Å². The van der Waals surface area contributed by atoms with E-state index in [2.05, 4.69) is 10.4 Å². The molecule has 21 heavy (non-hydrogen) atoms. The van der Waals surface area contributed by atoms with Gasteiger partial charge in [0.25, 0.3) is 11.6 Å². The topological polar surface area (TPSA) is 133 Å². The Labute approximate surface area is 117 Å². The Kier molecular flexibility index (Phi) is 3.61. The number of rotatable bonds is 4. The molecule has 1 heterocycles. The molecule has 10 heteroatoms. The molecule has 10 nitrogen and oxygen atoms in total. The second kappa shape index (κ2) is 5.36. The van der Waals surface area contributed by atoms with Gasteiger partial charge in [0.05, 0.1) is 9.85 Å². The summed E-state index contributed by atoms with van der Waals surface area (Å²) in [6.45, 7) is 0. The fourth-order valence-electron chi connectivity index (χ4n) is 1.63. The van der Waals surface area contributed by atoms with Crippen LogP contribution in [0, 0.1) is 20.2 Å². The number of aromatic nitrogens is 2. The van der Waals surface area contributed by atoms with Crippen molar-refractivity contribution in [2.75, 3.05) is 5.32 Å². The first-order valence-electron chi connectivity index (χ1n) is 5.62. The van der Waals surface area contributed by atoms with E-state index in [-0.39, 0.29) is 17.1 Å². The van der Waals surface area contributed by atoms with Crippen LogP contribution in [0.1, 0.15) is 10.5 Å². The number of nitro groups is 2. The van der Waals surface area contributed by atoms with Gasteiger partial charge in [-0.1, -0.05) is 0 Å². The summed E-state index contributed by atoms with van der Waals surface area (Å²) < 4.78 is 1.16. The van der Waals surface area contributed by atoms with Crippen molar-refractivity contribution in [3.05, 3.63) is 56.4 Å². The summed E-state index contributed by atoms with van der Waals surface area (Å²) in [5.74, 6) is -0.767. The van der Waals surface area contributed by atoms with E-state index >= 15 is 0 Å². The molecule has 2 aromatic rings. The fraction of sp³-hybridized carbons (Fsp3) is 0.0909. The molecule has 1 amide bonds.